The molecular formula is C23H24N2O3. The number of rotatable bonds is 4. The number of fused-ring (bicyclic) bond motifs is 4. The van der Waals surface area contributed by atoms with E-state index in [9.17, 15) is 4.79 Å². The number of carbonyl (C=O) groups excluding carboxylic acids is 1. The van der Waals surface area contributed by atoms with E-state index in [1.165, 1.54) is 12.8 Å². The maximum Gasteiger partial charge on any atom is 0.287 e. The van der Waals surface area contributed by atoms with Crippen molar-refractivity contribution in [3.05, 3.63) is 54.3 Å². The monoisotopic (exact) mass is 376 g/mol. The highest BCUT2D eigenvalue weighted by atomic mass is 16.5. The number of hydrogen-bond donors (Lipinski definition) is 1. The number of nitrogens with zero attached hydrogens (tertiary/aromatic N) is 1. The summed E-state index contributed by atoms with van der Waals surface area (Å²) in [5.41, 5.74) is 2.69. The van der Waals surface area contributed by atoms with E-state index in [2.05, 4.69) is 10.2 Å². The van der Waals surface area contributed by atoms with E-state index in [0.29, 0.717) is 11.7 Å². The molecule has 3 aromatic rings. The van der Waals surface area contributed by atoms with Crippen molar-refractivity contribution in [3.63, 3.8) is 0 Å². The second-order valence-corrected chi connectivity index (χ2v) is 7.78. The number of hydrogen-bond acceptors (Lipinski definition) is 4. The average Bonchev–Trinajstić information content (AvgIpc) is 3.19. The zero-order valence-corrected chi connectivity index (χ0v) is 16.0. The molecule has 0 radical (unpaired) electrons. The van der Waals surface area contributed by atoms with Gasteiger partial charge in [-0.1, -0.05) is 30.3 Å². The number of piperidine rings is 3. The highest BCUT2D eigenvalue weighted by Crippen LogP contribution is 2.33. The first-order chi connectivity index (χ1) is 13.7. The SMILES string of the molecule is COc1cccc(-c2cccc3cc(C(=O)N[C@@H]4CN5CCC4CC5)oc23)c1. The van der Waals surface area contributed by atoms with Crippen LogP contribution in [0.4, 0.5) is 0 Å². The molecule has 5 heteroatoms. The summed E-state index contributed by atoms with van der Waals surface area (Å²) in [6, 6.07) is 15.9. The van der Waals surface area contributed by atoms with Crippen LogP contribution in [0, 0.1) is 5.92 Å². The molecular weight excluding hydrogens is 352 g/mol. The van der Waals surface area contributed by atoms with Crippen LogP contribution in [0.25, 0.3) is 22.1 Å². The summed E-state index contributed by atoms with van der Waals surface area (Å²) in [7, 11) is 1.66. The summed E-state index contributed by atoms with van der Waals surface area (Å²) in [5.74, 6) is 1.64. The molecule has 144 valence electrons. The Morgan fingerprint density at radius 1 is 1.14 bits per heavy atom. The lowest BCUT2D eigenvalue weighted by Gasteiger charge is -2.44. The molecule has 1 N–H and O–H groups in total. The van der Waals surface area contributed by atoms with Crippen LogP contribution in [-0.4, -0.2) is 43.6 Å². The molecule has 1 aromatic heterocycles. The molecule has 4 heterocycles. The van der Waals surface area contributed by atoms with Gasteiger partial charge in [0.25, 0.3) is 5.91 Å². The third-order valence-electron chi connectivity index (χ3n) is 6.12. The van der Waals surface area contributed by atoms with E-state index in [4.69, 9.17) is 9.15 Å². The molecule has 2 aromatic carbocycles. The number of furan rings is 1. The fourth-order valence-electron chi connectivity index (χ4n) is 4.56. The molecule has 3 aliphatic heterocycles. The molecule has 0 saturated carbocycles. The minimum atomic E-state index is -0.119. The van der Waals surface area contributed by atoms with Crippen molar-refractivity contribution < 1.29 is 13.9 Å². The maximum atomic E-state index is 12.9. The smallest absolute Gasteiger partial charge is 0.287 e. The van der Waals surface area contributed by atoms with Crippen molar-refractivity contribution in [2.75, 3.05) is 26.7 Å². The first kappa shape index (κ1) is 17.3. The normalized spacial score (nSPS) is 23.7. The van der Waals surface area contributed by atoms with Crippen molar-refractivity contribution in [2.45, 2.75) is 18.9 Å². The van der Waals surface area contributed by atoms with Crippen LogP contribution in [0.15, 0.2) is 52.9 Å². The Balaban J connectivity index is 1.44. The van der Waals surface area contributed by atoms with Gasteiger partial charge in [0, 0.05) is 23.5 Å². The molecule has 0 spiro atoms. The van der Waals surface area contributed by atoms with E-state index in [1.807, 2.05) is 48.5 Å². The van der Waals surface area contributed by atoms with E-state index < -0.39 is 0 Å². The van der Waals surface area contributed by atoms with Crippen LogP contribution in [0.3, 0.4) is 0 Å². The third kappa shape index (κ3) is 3.06. The fourth-order valence-corrected chi connectivity index (χ4v) is 4.56. The lowest BCUT2D eigenvalue weighted by atomic mass is 9.84. The minimum absolute atomic E-state index is 0.119. The van der Waals surface area contributed by atoms with Crippen LogP contribution < -0.4 is 10.1 Å². The van der Waals surface area contributed by atoms with Gasteiger partial charge in [0.15, 0.2) is 5.76 Å². The topological polar surface area (TPSA) is 54.7 Å². The molecule has 1 atom stereocenters. The molecule has 3 saturated heterocycles. The number of para-hydroxylation sites is 1. The Hall–Kier alpha value is -2.79. The molecule has 28 heavy (non-hydrogen) atoms. The predicted octanol–water partition coefficient (Wildman–Crippen LogP) is 3.93. The molecule has 0 aliphatic carbocycles. The van der Waals surface area contributed by atoms with Gasteiger partial charge in [-0.05, 0) is 55.6 Å². The zero-order chi connectivity index (χ0) is 19.1. The highest BCUT2D eigenvalue weighted by molar-refractivity contribution is 6.00. The molecule has 6 rings (SSSR count). The summed E-state index contributed by atoms with van der Waals surface area (Å²) in [6.07, 6.45) is 2.34. The van der Waals surface area contributed by atoms with E-state index in [1.54, 1.807) is 7.11 Å². The Kier molecular flexibility index (Phi) is 4.32. The number of benzene rings is 2. The summed E-state index contributed by atoms with van der Waals surface area (Å²) in [4.78, 5) is 15.3. The molecule has 0 unspecified atom stereocenters. The summed E-state index contributed by atoms with van der Waals surface area (Å²) in [6.45, 7) is 3.27. The Morgan fingerprint density at radius 2 is 1.96 bits per heavy atom. The molecule has 3 aliphatic rings. The first-order valence-electron chi connectivity index (χ1n) is 9.91. The Morgan fingerprint density at radius 3 is 2.71 bits per heavy atom. The predicted molar refractivity (Wildman–Crippen MR) is 109 cm³/mol. The fraction of sp³-hybridized carbons (Fsp3) is 0.348. The van der Waals surface area contributed by atoms with Crippen LogP contribution in [0.5, 0.6) is 5.75 Å². The Labute approximate surface area is 164 Å². The zero-order valence-electron chi connectivity index (χ0n) is 16.0. The van der Waals surface area contributed by atoms with Gasteiger partial charge in [0.2, 0.25) is 0 Å². The number of amides is 1. The third-order valence-corrected chi connectivity index (χ3v) is 6.12. The van der Waals surface area contributed by atoms with Crippen LogP contribution in [0.2, 0.25) is 0 Å². The molecule has 5 nitrogen and oxygen atoms in total. The van der Waals surface area contributed by atoms with Crippen molar-refractivity contribution in [2.24, 2.45) is 5.92 Å². The van der Waals surface area contributed by atoms with Gasteiger partial charge in [-0.3, -0.25) is 4.79 Å². The van der Waals surface area contributed by atoms with E-state index in [0.717, 1.165) is 47.5 Å². The maximum absolute atomic E-state index is 12.9. The highest BCUT2D eigenvalue weighted by Gasteiger charge is 2.35. The van der Waals surface area contributed by atoms with Crippen molar-refractivity contribution in [1.82, 2.24) is 10.2 Å². The Bertz CT molecular complexity index is 1020. The van der Waals surface area contributed by atoms with E-state index >= 15 is 0 Å². The van der Waals surface area contributed by atoms with Gasteiger partial charge in [0.05, 0.1) is 7.11 Å². The van der Waals surface area contributed by atoms with Crippen LogP contribution in [0.1, 0.15) is 23.4 Å². The van der Waals surface area contributed by atoms with Gasteiger partial charge in [-0.2, -0.15) is 0 Å². The van der Waals surface area contributed by atoms with Crippen molar-refractivity contribution in [1.29, 1.82) is 0 Å². The van der Waals surface area contributed by atoms with Gasteiger partial charge in [0.1, 0.15) is 11.3 Å². The first-order valence-corrected chi connectivity index (χ1v) is 9.91. The lowest BCUT2D eigenvalue weighted by molar-refractivity contribution is 0.0607. The summed E-state index contributed by atoms with van der Waals surface area (Å²) < 4.78 is 11.4. The van der Waals surface area contributed by atoms with Crippen molar-refractivity contribution in [3.8, 4) is 16.9 Å². The number of carbonyl (C=O) groups is 1. The quantitative estimate of drug-likeness (QED) is 0.750. The minimum Gasteiger partial charge on any atom is -0.497 e. The molecule has 2 bridgehead atoms. The largest absolute Gasteiger partial charge is 0.497 e. The summed E-state index contributed by atoms with van der Waals surface area (Å²) >= 11 is 0. The van der Waals surface area contributed by atoms with Crippen molar-refractivity contribution >= 4 is 16.9 Å². The van der Waals surface area contributed by atoms with Gasteiger partial charge in [-0.25, -0.2) is 0 Å². The lowest BCUT2D eigenvalue weighted by Crippen LogP contribution is -2.57. The number of methoxy groups -OCH3 is 1. The number of nitrogens with one attached hydrogen (secondary N) is 1. The molecule has 1 amide bonds. The average molecular weight is 376 g/mol. The van der Waals surface area contributed by atoms with Crippen LogP contribution >= 0.6 is 0 Å². The second kappa shape index (κ2) is 6.99. The second-order valence-electron chi connectivity index (χ2n) is 7.78. The van der Waals surface area contributed by atoms with Gasteiger partial charge >= 0.3 is 0 Å². The standard InChI is InChI=1S/C23H24N2O3/c1-27-18-6-2-4-16(12-18)19-7-3-5-17-13-21(28-22(17)19)23(26)24-20-14-25-10-8-15(20)9-11-25/h2-7,12-13,15,20H,8-11,14H2,1H3,(H,24,26)/t20-/m1/s1. The van der Waals surface area contributed by atoms with Gasteiger partial charge in [-0.15, -0.1) is 0 Å². The van der Waals surface area contributed by atoms with Crippen LogP contribution in [-0.2, 0) is 0 Å². The van der Waals surface area contributed by atoms with Gasteiger partial charge < -0.3 is 19.4 Å². The molecule has 3 fully saturated rings. The van der Waals surface area contributed by atoms with E-state index in [-0.39, 0.29) is 11.9 Å². The summed E-state index contributed by atoms with van der Waals surface area (Å²) in [5, 5.41) is 4.14. The number of ether oxygens (including phenoxy) is 1.